The van der Waals surface area contributed by atoms with Crippen LogP contribution in [0.1, 0.15) is 26.3 Å². The molecular formula is C24H19BClF2N3O4. The van der Waals surface area contributed by atoms with Crippen molar-refractivity contribution >= 4 is 54.5 Å². The maximum absolute atomic E-state index is 12.9. The number of nitrogens with one attached hydrogen (secondary N) is 3. The van der Waals surface area contributed by atoms with E-state index < -0.39 is 24.8 Å². The molecule has 2 radical (unpaired) electrons. The smallest absolute Gasteiger partial charge is 0.272 e. The number of hydrogen-bond donors (Lipinski definition) is 3. The van der Waals surface area contributed by atoms with Crippen LogP contribution in [-0.2, 0) is 11.3 Å². The summed E-state index contributed by atoms with van der Waals surface area (Å²) in [4.78, 5) is 36.3. The minimum atomic E-state index is -2.74. The second-order valence-corrected chi connectivity index (χ2v) is 7.66. The van der Waals surface area contributed by atoms with Gasteiger partial charge in [-0.1, -0.05) is 35.3 Å². The van der Waals surface area contributed by atoms with E-state index in [1.807, 2.05) is 0 Å². The third-order valence-corrected chi connectivity index (χ3v) is 5.01. The molecule has 11 heteroatoms. The minimum absolute atomic E-state index is 0.0738. The molecule has 3 N–H and O–H groups in total. The summed E-state index contributed by atoms with van der Waals surface area (Å²) in [5.74, 6) is -1.31. The van der Waals surface area contributed by atoms with Crippen molar-refractivity contribution in [3.05, 3.63) is 82.4 Å². The van der Waals surface area contributed by atoms with E-state index in [9.17, 15) is 23.2 Å². The molecule has 0 fully saturated rings. The summed E-state index contributed by atoms with van der Waals surface area (Å²) in [5.41, 5.74) is 1.84. The van der Waals surface area contributed by atoms with Gasteiger partial charge in [-0.2, -0.15) is 0 Å². The molecule has 0 bridgehead atoms. The molecule has 0 aromatic heterocycles. The van der Waals surface area contributed by atoms with Gasteiger partial charge in [0.05, 0.1) is 16.1 Å². The highest BCUT2D eigenvalue weighted by atomic mass is 35.5. The van der Waals surface area contributed by atoms with Gasteiger partial charge < -0.3 is 20.7 Å². The first-order valence-corrected chi connectivity index (χ1v) is 10.6. The summed E-state index contributed by atoms with van der Waals surface area (Å²) in [6.07, 6.45) is -2.21. The number of carbonyl (C=O) groups is 3. The highest BCUT2D eigenvalue weighted by Crippen LogP contribution is 2.26. The van der Waals surface area contributed by atoms with Crippen molar-refractivity contribution < 1.29 is 27.9 Å². The van der Waals surface area contributed by atoms with Crippen LogP contribution in [0.5, 0.6) is 5.75 Å². The second-order valence-electron chi connectivity index (χ2n) is 7.26. The summed E-state index contributed by atoms with van der Waals surface area (Å²) >= 11 is 6.16. The lowest BCUT2D eigenvalue weighted by molar-refractivity contribution is -0.109. The SMILES string of the molecule is [B]c1ccc(NC(=O)c2cc(NC(=O)c3cc(CNC=O)ccc3Cl)ccc2OCC(F)F)cc1. The third kappa shape index (κ3) is 7.28. The van der Waals surface area contributed by atoms with Crippen LogP contribution in [0.15, 0.2) is 60.7 Å². The zero-order chi connectivity index (χ0) is 25.4. The van der Waals surface area contributed by atoms with Gasteiger partial charge in [-0.05, 0) is 48.0 Å². The molecule has 35 heavy (non-hydrogen) atoms. The van der Waals surface area contributed by atoms with Crippen molar-refractivity contribution in [3.8, 4) is 5.75 Å². The Morgan fingerprint density at radius 3 is 2.29 bits per heavy atom. The van der Waals surface area contributed by atoms with Crippen molar-refractivity contribution in [1.29, 1.82) is 0 Å². The van der Waals surface area contributed by atoms with Crippen LogP contribution in [0.4, 0.5) is 20.2 Å². The first kappa shape index (κ1) is 25.7. The lowest BCUT2D eigenvalue weighted by atomic mass is 9.96. The second kappa shape index (κ2) is 12.0. The molecule has 0 unspecified atom stereocenters. The van der Waals surface area contributed by atoms with Gasteiger partial charge in [0.1, 0.15) is 20.2 Å². The van der Waals surface area contributed by atoms with E-state index >= 15 is 0 Å². The number of hydrogen-bond acceptors (Lipinski definition) is 4. The Balaban J connectivity index is 1.86. The van der Waals surface area contributed by atoms with Gasteiger partial charge in [-0.25, -0.2) is 8.78 Å². The van der Waals surface area contributed by atoms with E-state index in [4.69, 9.17) is 24.2 Å². The topological polar surface area (TPSA) is 96.5 Å². The molecule has 0 saturated heterocycles. The van der Waals surface area contributed by atoms with Crippen molar-refractivity contribution in [2.75, 3.05) is 17.2 Å². The Bertz CT molecular complexity index is 1230. The molecule has 178 valence electrons. The van der Waals surface area contributed by atoms with Gasteiger partial charge in [-0.3, -0.25) is 14.4 Å². The van der Waals surface area contributed by atoms with Crippen LogP contribution in [0.3, 0.4) is 0 Å². The minimum Gasteiger partial charge on any atom is -0.487 e. The summed E-state index contributed by atoms with van der Waals surface area (Å²) in [6.45, 7) is -0.711. The number of anilines is 2. The van der Waals surface area contributed by atoms with E-state index in [0.717, 1.165) is 0 Å². The quantitative estimate of drug-likeness (QED) is 0.295. The largest absolute Gasteiger partial charge is 0.487 e. The van der Waals surface area contributed by atoms with E-state index in [2.05, 4.69) is 16.0 Å². The molecule has 0 aliphatic rings. The van der Waals surface area contributed by atoms with Crippen LogP contribution < -0.4 is 26.2 Å². The van der Waals surface area contributed by atoms with E-state index in [1.165, 1.54) is 30.3 Å². The number of carbonyl (C=O) groups excluding carboxylic acids is 3. The fourth-order valence-electron chi connectivity index (χ4n) is 3.04. The van der Waals surface area contributed by atoms with Gasteiger partial charge in [0.15, 0.2) is 0 Å². The maximum atomic E-state index is 12.9. The zero-order valence-electron chi connectivity index (χ0n) is 18.2. The number of alkyl halides is 2. The Morgan fingerprint density at radius 1 is 0.943 bits per heavy atom. The van der Waals surface area contributed by atoms with Crippen LogP contribution in [0, 0.1) is 0 Å². The molecule has 3 rings (SSSR count). The fraction of sp³-hybridized carbons (Fsp3) is 0.125. The summed E-state index contributed by atoms with van der Waals surface area (Å²) in [7, 11) is 5.65. The molecule has 3 amide bonds. The molecule has 0 atom stereocenters. The standard InChI is InChI=1S/C24H19BClF2N3O4/c25-15-2-4-16(5-3-15)30-24(34)19-10-17(6-8-21(19)35-12-22(27)28)31-23(33)18-9-14(11-29-13-32)1-7-20(18)26/h1-10,13,22H,11-12H2,(H,29,32)(H,30,34)(H,31,33). The Morgan fingerprint density at radius 2 is 1.60 bits per heavy atom. The van der Waals surface area contributed by atoms with Gasteiger partial charge >= 0.3 is 0 Å². The summed E-state index contributed by atoms with van der Waals surface area (Å²) in [5, 5.41) is 7.93. The van der Waals surface area contributed by atoms with Crippen molar-refractivity contribution in [2.24, 2.45) is 0 Å². The van der Waals surface area contributed by atoms with E-state index in [-0.39, 0.29) is 34.1 Å². The van der Waals surface area contributed by atoms with Gasteiger partial charge in [0.25, 0.3) is 18.2 Å². The van der Waals surface area contributed by atoms with Crippen LogP contribution in [0.25, 0.3) is 0 Å². The van der Waals surface area contributed by atoms with Crippen molar-refractivity contribution in [2.45, 2.75) is 13.0 Å². The highest BCUT2D eigenvalue weighted by molar-refractivity contribution is 6.34. The van der Waals surface area contributed by atoms with E-state index in [1.54, 1.807) is 30.3 Å². The average Bonchev–Trinajstić information content (AvgIpc) is 2.83. The van der Waals surface area contributed by atoms with Gasteiger partial charge in [0, 0.05) is 17.9 Å². The Kier molecular flexibility index (Phi) is 8.80. The number of benzene rings is 3. The van der Waals surface area contributed by atoms with Gasteiger partial charge in [-0.15, -0.1) is 0 Å². The summed E-state index contributed by atoms with van der Waals surface area (Å²) < 4.78 is 30.5. The highest BCUT2D eigenvalue weighted by Gasteiger charge is 2.18. The number of rotatable bonds is 10. The van der Waals surface area contributed by atoms with Crippen molar-refractivity contribution in [1.82, 2.24) is 5.32 Å². The monoisotopic (exact) mass is 497 g/mol. The van der Waals surface area contributed by atoms with Crippen LogP contribution >= 0.6 is 11.6 Å². The predicted molar refractivity (Wildman–Crippen MR) is 130 cm³/mol. The lowest BCUT2D eigenvalue weighted by Crippen LogP contribution is -2.18. The number of amides is 3. The molecule has 0 aliphatic carbocycles. The number of halogens is 3. The number of ether oxygens (including phenoxy) is 1. The first-order valence-electron chi connectivity index (χ1n) is 10.3. The van der Waals surface area contributed by atoms with Crippen LogP contribution in [-0.4, -0.2) is 39.1 Å². The third-order valence-electron chi connectivity index (χ3n) is 4.68. The average molecular weight is 498 g/mol. The molecular weight excluding hydrogens is 479 g/mol. The van der Waals surface area contributed by atoms with Crippen molar-refractivity contribution in [3.63, 3.8) is 0 Å². The van der Waals surface area contributed by atoms with E-state index in [0.29, 0.717) is 23.1 Å². The Hall–Kier alpha value is -3.92. The lowest BCUT2D eigenvalue weighted by Gasteiger charge is -2.14. The zero-order valence-corrected chi connectivity index (χ0v) is 18.9. The predicted octanol–water partition coefficient (Wildman–Crippen LogP) is 3.53. The summed E-state index contributed by atoms with van der Waals surface area (Å²) in [6, 6.07) is 15.0. The first-order chi connectivity index (χ1) is 16.8. The normalized spacial score (nSPS) is 10.5. The molecule has 7 nitrogen and oxygen atoms in total. The Labute approximate surface area is 206 Å². The molecule has 0 heterocycles. The van der Waals surface area contributed by atoms with Gasteiger partial charge in [0.2, 0.25) is 6.41 Å². The van der Waals surface area contributed by atoms with Crippen LogP contribution in [0.2, 0.25) is 5.02 Å². The molecule has 3 aromatic carbocycles. The molecule has 0 aliphatic heterocycles. The molecule has 0 spiro atoms. The maximum Gasteiger partial charge on any atom is 0.272 e. The molecule has 3 aromatic rings. The molecule has 0 saturated carbocycles. The fourth-order valence-corrected chi connectivity index (χ4v) is 3.25.